The van der Waals surface area contributed by atoms with Crippen LogP contribution in [0.15, 0.2) is 46.9 Å². The maximum atomic E-state index is 12.9. The highest BCUT2D eigenvalue weighted by molar-refractivity contribution is 6.01. The molecule has 2 amide bonds. The molecule has 0 bridgehead atoms. The largest absolute Gasteiger partial charge is 0.497 e. The normalized spacial score (nSPS) is 10.5. The number of hydrazine groups is 1. The van der Waals surface area contributed by atoms with Crippen LogP contribution in [0, 0.1) is 12.7 Å². The van der Waals surface area contributed by atoms with Crippen LogP contribution in [-0.2, 0) is 0 Å². The molecule has 6 nitrogen and oxygen atoms in total. The average Bonchev–Trinajstić information content (AvgIpc) is 2.96. The van der Waals surface area contributed by atoms with Crippen LogP contribution in [0.3, 0.4) is 0 Å². The second-order valence-electron chi connectivity index (χ2n) is 5.33. The Balaban J connectivity index is 1.75. The van der Waals surface area contributed by atoms with E-state index in [-0.39, 0.29) is 11.3 Å². The van der Waals surface area contributed by atoms with Crippen LogP contribution >= 0.6 is 0 Å². The molecule has 128 valence electrons. The lowest BCUT2D eigenvalue weighted by molar-refractivity contribution is 0.0831. The van der Waals surface area contributed by atoms with Gasteiger partial charge in [-0.2, -0.15) is 0 Å². The number of methoxy groups -OCH3 is 1. The molecule has 0 spiro atoms. The summed E-state index contributed by atoms with van der Waals surface area (Å²) in [7, 11) is 1.55. The molecule has 0 radical (unpaired) electrons. The molecule has 25 heavy (non-hydrogen) atoms. The smallest absolute Gasteiger partial charge is 0.305 e. The fourth-order valence-corrected chi connectivity index (χ4v) is 2.39. The lowest BCUT2D eigenvalue weighted by atomic mass is 10.1. The number of halogens is 1. The number of benzene rings is 2. The first-order valence-corrected chi connectivity index (χ1v) is 7.43. The van der Waals surface area contributed by atoms with Gasteiger partial charge in [-0.25, -0.2) is 4.39 Å². The number of carbonyl (C=O) groups is 2. The minimum Gasteiger partial charge on any atom is -0.497 e. The summed E-state index contributed by atoms with van der Waals surface area (Å²) in [4.78, 5) is 24.2. The van der Waals surface area contributed by atoms with Crippen LogP contribution in [0.5, 0.6) is 5.75 Å². The van der Waals surface area contributed by atoms with Crippen LogP contribution in [0.2, 0.25) is 0 Å². The number of nitrogens with one attached hydrogen (secondary N) is 2. The second-order valence-corrected chi connectivity index (χ2v) is 5.33. The van der Waals surface area contributed by atoms with Crippen molar-refractivity contribution < 1.29 is 23.1 Å². The molecule has 0 fully saturated rings. The Morgan fingerprint density at radius 1 is 1.04 bits per heavy atom. The molecule has 7 heteroatoms. The molecule has 0 aliphatic rings. The Morgan fingerprint density at radius 3 is 2.40 bits per heavy atom. The molecule has 0 saturated heterocycles. The number of fused-ring (bicyclic) bond motifs is 1. The topological polar surface area (TPSA) is 80.6 Å². The van der Waals surface area contributed by atoms with Gasteiger partial charge in [0.25, 0.3) is 5.91 Å². The molecule has 0 unspecified atom stereocenters. The van der Waals surface area contributed by atoms with Crippen molar-refractivity contribution in [3.8, 4) is 5.75 Å². The zero-order valence-electron chi connectivity index (χ0n) is 13.6. The first kappa shape index (κ1) is 16.5. The number of hydrogen-bond acceptors (Lipinski definition) is 4. The second kappa shape index (κ2) is 6.64. The molecule has 2 aromatic carbocycles. The summed E-state index contributed by atoms with van der Waals surface area (Å²) in [5.41, 5.74) is 5.93. The Kier molecular flexibility index (Phi) is 4.38. The highest BCUT2D eigenvalue weighted by Crippen LogP contribution is 2.28. The maximum absolute atomic E-state index is 12.9. The van der Waals surface area contributed by atoms with E-state index in [4.69, 9.17) is 9.15 Å². The third-order valence-electron chi connectivity index (χ3n) is 3.75. The molecule has 0 aliphatic carbocycles. The van der Waals surface area contributed by atoms with Gasteiger partial charge in [0, 0.05) is 16.5 Å². The van der Waals surface area contributed by atoms with E-state index < -0.39 is 17.6 Å². The van der Waals surface area contributed by atoms with Crippen LogP contribution in [-0.4, -0.2) is 18.9 Å². The lowest BCUT2D eigenvalue weighted by Gasteiger charge is -2.06. The molecule has 3 aromatic rings. The predicted octanol–water partition coefficient (Wildman–Crippen LogP) is 2.96. The Labute approximate surface area is 142 Å². The standard InChI is InChI=1S/C18H15FN2O4/c1-10-14-9-13(24-2)7-8-15(14)25-16(10)18(23)21-20-17(22)11-3-5-12(19)6-4-11/h3-9H,1-2H3,(H,20,22)(H,21,23). The molecule has 3 rings (SSSR count). The number of amides is 2. The van der Waals surface area contributed by atoms with Gasteiger partial charge in [0.05, 0.1) is 7.11 Å². The molecule has 2 N–H and O–H groups in total. The van der Waals surface area contributed by atoms with Crippen molar-refractivity contribution in [1.82, 2.24) is 10.9 Å². The lowest BCUT2D eigenvalue weighted by Crippen LogP contribution is -2.41. The first-order chi connectivity index (χ1) is 12.0. The molecule has 0 aliphatic heterocycles. The van der Waals surface area contributed by atoms with Crippen molar-refractivity contribution in [2.75, 3.05) is 7.11 Å². The minimum absolute atomic E-state index is 0.0858. The SMILES string of the molecule is COc1ccc2oc(C(=O)NNC(=O)c3ccc(F)cc3)c(C)c2c1. The molecule has 1 aromatic heterocycles. The highest BCUT2D eigenvalue weighted by atomic mass is 19.1. The van der Waals surface area contributed by atoms with Gasteiger partial charge in [-0.3, -0.25) is 20.4 Å². The van der Waals surface area contributed by atoms with Crippen LogP contribution < -0.4 is 15.6 Å². The quantitative estimate of drug-likeness (QED) is 0.717. The summed E-state index contributed by atoms with van der Waals surface area (Å²) < 4.78 is 23.6. The third kappa shape index (κ3) is 3.30. The zero-order valence-corrected chi connectivity index (χ0v) is 13.6. The zero-order chi connectivity index (χ0) is 18.0. The van der Waals surface area contributed by atoms with Gasteiger partial charge < -0.3 is 9.15 Å². The van der Waals surface area contributed by atoms with Gasteiger partial charge in [0.15, 0.2) is 5.76 Å². The monoisotopic (exact) mass is 342 g/mol. The van der Waals surface area contributed by atoms with E-state index in [2.05, 4.69) is 10.9 Å². The molecule has 1 heterocycles. The molecule has 0 saturated carbocycles. The maximum Gasteiger partial charge on any atom is 0.305 e. The van der Waals surface area contributed by atoms with Crippen LogP contribution in [0.1, 0.15) is 26.5 Å². The van der Waals surface area contributed by atoms with E-state index in [9.17, 15) is 14.0 Å². The van der Waals surface area contributed by atoms with Crippen molar-refractivity contribution in [3.63, 3.8) is 0 Å². The predicted molar refractivity (Wildman–Crippen MR) is 88.8 cm³/mol. The number of ether oxygens (including phenoxy) is 1. The van der Waals surface area contributed by atoms with Gasteiger partial charge in [0.1, 0.15) is 17.1 Å². The fraction of sp³-hybridized carbons (Fsp3) is 0.111. The number of aryl methyl sites for hydroxylation is 1. The van der Waals surface area contributed by atoms with Gasteiger partial charge in [-0.1, -0.05) is 0 Å². The highest BCUT2D eigenvalue weighted by Gasteiger charge is 2.19. The van der Waals surface area contributed by atoms with E-state index in [1.165, 1.54) is 12.1 Å². The van der Waals surface area contributed by atoms with Crippen molar-refractivity contribution >= 4 is 22.8 Å². The third-order valence-corrected chi connectivity index (χ3v) is 3.75. The van der Waals surface area contributed by atoms with E-state index in [0.717, 1.165) is 17.5 Å². The summed E-state index contributed by atoms with van der Waals surface area (Å²) in [6.45, 7) is 1.74. The summed E-state index contributed by atoms with van der Waals surface area (Å²) in [6.07, 6.45) is 0. The van der Waals surface area contributed by atoms with E-state index in [1.807, 2.05) is 0 Å². The number of hydrogen-bond donors (Lipinski definition) is 2. The average molecular weight is 342 g/mol. The number of rotatable bonds is 3. The Morgan fingerprint density at radius 2 is 1.72 bits per heavy atom. The Bertz CT molecular complexity index is 948. The van der Waals surface area contributed by atoms with E-state index in [0.29, 0.717) is 16.9 Å². The molecule has 0 atom stereocenters. The van der Waals surface area contributed by atoms with Gasteiger partial charge >= 0.3 is 5.91 Å². The van der Waals surface area contributed by atoms with E-state index in [1.54, 1.807) is 32.2 Å². The van der Waals surface area contributed by atoms with Crippen molar-refractivity contribution in [3.05, 3.63) is 65.2 Å². The number of furan rings is 1. The van der Waals surface area contributed by atoms with Crippen molar-refractivity contribution in [1.29, 1.82) is 0 Å². The summed E-state index contributed by atoms with van der Waals surface area (Å²) >= 11 is 0. The van der Waals surface area contributed by atoms with Crippen LogP contribution in [0.25, 0.3) is 11.0 Å². The van der Waals surface area contributed by atoms with Crippen molar-refractivity contribution in [2.24, 2.45) is 0 Å². The van der Waals surface area contributed by atoms with Gasteiger partial charge in [-0.05, 0) is 49.4 Å². The van der Waals surface area contributed by atoms with E-state index >= 15 is 0 Å². The van der Waals surface area contributed by atoms with Gasteiger partial charge in [0.2, 0.25) is 0 Å². The van der Waals surface area contributed by atoms with Crippen molar-refractivity contribution in [2.45, 2.75) is 6.92 Å². The summed E-state index contributed by atoms with van der Waals surface area (Å²) in [5.74, 6) is -0.878. The fourth-order valence-electron chi connectivity index (χ4n) is 2.39. The molecular formula is C18H15FN2O4. The summed E-state index contributed by atoms with van der Waals surface area (Å²) in [5, 5.41) is 0.745. The van der Waals surface area contributed by atoms with Crippen LogP contribution in [0.4, 0.5) is 4.39 Å². The summed E-state index contributed by atoms with van der Waals surface area (Å²) in [6, 6.07) is 10.1. The Hall–Kier alpha value is -3.35. The minimum atomic E-state index is -0.594. The number of carbonyl (C=O) groups excluding carboxylic acids is 2. The first-order valence-electron chi connectivity index (χ1n) is 7.43. The van der Waals surface area contributed by atoms with Gasteiger partial charge in [-0.15, -0.1) is 0 Å². The molecular weight excluding hydrogens is 327 g/mol.